The van der Waals surface area contributed by atoms with E-state index in [1.807, 2.05) is 36.4 Å². The molecule has 0 aromatic heterocycles. The van der Waals surface area contributed by atoms with Crippen molar-refractivity contribution in [2.24, 2.45) is 0 Å². The molecule has 0 radical (unpaired) electrons. The molecular formula is C30H46N4O5Sn. The molecule has 0 saturated heterocycles. The van der Waals surface area contributed by atoms with Crippen LogP contribution in [0.3, 0.4) is 0 Å². The molecule has 0 aliphatic heterocycles. The number of ether oxygens (including phenoxy) is 2. The first-order valence-corrected chi connectivity index (χ1v) is 24.0. The summed E-state index contributed by atoms with van der Waals surface area (Å²) in [6.45, 7) is 6.13. The second kappa shape index (κ2) is 16.5. The number of amides is 3. The van der Waals surface area contributed by atoms with Crippen molar-refractivity contribution < 1.29 is 23.9 Å². The number of nitrogens with zero attached hydrogens (tertiary/aromatic N) is 2. The Morgan fingerprint density at radius 2 is 1.38 bits per heavy atom. The van der Waals surface area contributed by atoms with Gasteiger partial charge in [0.15, 0.2) is 0 Å². The number of carbonyl (C=O) groups excluding carboxylic acids is 3. The molecule has 2 unspecified atom stereocenters. The zero-order valence-electron chi connectivity index (χ0n) is 25.0. The molecule has 0 spiro atoms. The fourth-order valence-corrected chi connectivity index (χ4v) is 8.68. The predicted molar refractivity (Wildman–Crippen MR) is 163 cm³/mol. The second-order valence-corrected chi connectivity index (χ2v) is 25.5. The molecule has 2 rings (SSSR count). The maximum atomic E-state index is 12.9. The van der Waals surface area contributed by atoms with Gasteiger partial charge in [-0.25, -0.2) is 4.79 Å². The fourth-order valence-electron chi connectivity index (χ4n) is 4.25. The van der Waals surface area contributed by atoms with Gasteiger partial charge in [0.25, 0.3) is 0 Å². The van der Waals surface area contributed by atoms with Gasteiger partial charge in [-0.3, -0.25) is 5.32 Å². The third-order valence-electron chi connectivity index (χ3n) is 6.32. The molecule has 2 aromatic carbocycles. The van der Waals surface area contributed by atoms with E-state index in [0.29, 0.717) is 12.1 Å². The van der Waals surface area contributed by atoms with E-state index in [1.54, 1.807) is 43.0 Å². The van der Waals surface area contributed by atoms with Gasteiger partial charge in [0.1, 0.15) is 0 Å². The van der Waals surface area contributed by atoms with Gasteiger partial charge in [0, 0.05) is 5.69 Å². The summed E-state index contributed by atoms with van der Waals surface area (Å²) < 4.78 is 12.5. The van der Waals surface area contributed by atoms with Crippen LogP contribution in [-0.2, 0) is 14.3 Å². The first-order valence-electron chi connectivity index (χ1n) is 14.0. The van der Waals surface area contributed by atoms with Crippen LogP contribution in [0.15, 0.2) is 54.6 Å². The minimum absolute atomic E-state index is 0.0439. The van der Waals surface area contributed by atoms with Gasteiger partial charge in [-0.15, -0.1) is 0 Å². The monoisotopic (exact) mass is 662 g/mol. The predicted octanol–water partition coefficient (Wildman–Crippen LogP) is 6.06. The average Bonchev–Trinajstić information content (AvgIpc) is 2.88. The van der Waals surface area contributed by atoms with Crippen LogP contribution in [0.2, 0.25) is 14.8 Å². The Morgan fingerprint density at radius 1 is 0.825 bits per heavy atom. The van der Waals surface area contributed by atoms with E-state index in [0.717, 1.165) is 24.9 Å². The number of nitrogens with one attached hydrogen (secondary N) is 2. The molecule has 2 atom stereocenters. The number of rotatable bonds is 14. The van der Waals surface area contributed by atoms with Crippen molar-refractivity contribution >= 4 is 51.4 Å². The average molecular weight is 661 g/mol. The Bertz CT molecular complexity index is 1090. The first kappa shape index (κ1) is 33.4. The van der Waals surface area contributed by atoms with E-state index in [1.165, 1.54) is 3.58 Å². The van der Waals surface area contributed by atoms with Gasteiger partial charge >= 0.3 is 178 Å². The number of anilines is 2. The summed E-state index contributed by atoms with van der Waals surface area (Å²) in [4.78, 5) is 45.0. The van der Waals surface area contributed by atoms with E-state index in [4.69, 9.17) is 9.47 Å². The molecule has 2 N–H and O–H groups in total. The van der Waals surface area contributed by atoms with Gasteiger partial charge < -0.3 is 0 Å². The quantitative estimate of drug-likeness (QED) is 0.145. The summed E-state index contributed by atoms with van der Waals surface area (Å²) in [6.07, 6.45) is 0.995. The summed E-state index contributed by atoms with van der Waals surface area (Å²) in [5.74, 6) is -0.0439. The van der Waals surface area contributed by atoms with Crippen molar-refractivity contribution in [1.29, 1.82) is 0 Å². The first-order chi connectivity index (χ1) is 18.9. The van der Waals surface area contributed by atoms with Crippen molar-refractivity contribution in [2.75, 3.05) is 30.8 Å². The molecule has 9 nitrogen and oxygen atoms in total. The zero-order chi connectivity index (χ0) is 29.7. The van der Waals surface area contributed by atoms with Gasteiger partial charge in [-0.1, -0.05) is 38.0 Å². The van der Waals surface area contributed by atoms with Crippen molar-refractivity contribution in [3.05, 3.63) is 54.6 Å². The van der Waals surface area contributed by atoms with Crippen molar-refractivity contribution in [2.45, 2.75) is 73.5 Å². The molecule has 0 saturated carbocycles. The van der Waals surface area contributed by atoms with Crippen LogP contribution in [0.25, 0.3) is 0 Å². The van der Waals surface area contributed by atoms with Crippen molar-refractivity contribution in [3.8, 4) is 0 Å². The number of hydrogen-bond acceptors (Lipinski definition) is 6. The van der Waals surface area contributed by atoms with Crippen LogP contribution in [-0.4, -0.2) is 78.8 Å². The van der Waals surface area contributed by atoms with E-state index in [-0.39, 0.29) is 19.0 Å². The number of hydrogen-bond donors (Lipinski definition) is 2. The molecular weight excluding hydrogens is 615 g/mol. The number of para-hydroxylation sites is 2. The molecule has 0 heterocycles. The van der Waals surface area contributed by atoms with Crippen LogP contribution in [0, 0.1) is 0 Å². The van der Waals surface area contributed by atoms with E-state index in [9.17, 15) is 14.4 Å². The third kappa shape index (κ3) is 11.8. The molecule has 2 aromatic rings. The van der Waals surface area contributed by atoms with E-state index < -0.39 is 42.8 Å². The summed E-state index contributed by atoms with van der Waals surface area (Å²) in [5, 5.41) is 8.93. The molecule has 3 amide bonds. The van der Waals surface area contributed by atoms with Crippen molar-refractivity contribution in [1.82, 2.24) is 10.0 Å². The fraction of sp³-hybridized carbons (Fsp3) is 0.500. The number of carbonyl (C=O) groups is 3. The third-order valence-corrected chi connectivity index (χ3v) is 12.2. The Morgan fingerprint density at radius 3 is 1.95 bits per heavy atom. The van der Waals surface area contributed by atoms with Gasteiger partial charge in [0.05, 0.1) is 0 Å². The summed E-state index contributed by atoms with van der Waals surface area (Å²) >= 11 is -2.46. The normalized spacial score (nSPS) is 12.8. The number of hydrazine groups is 1. The maximum absolute atomic E-state index is 12.9. The minimum atomic E-state index is -2.46. The SMILES string of the molecule is CCCCCC(=O)N(C)N(CC(C)OC(=O)Nc1ccccc1)CC(C)OC(=O)Nc1cccc[c]1[Sn]([CH3])([CH3])[CH3]. The molecule has 0 aliphatic carbocycles. The van der Waals surface area contributed by atoms with E-state index in [2.05, 4.69) is 38.4 Å². The molecule has 0 bridgehead atoms. The second-order valence-electron chi connectivity index (χ2n) is 11.1. The van der Waals surface area contributed by atoms with E-state index >= 15 is 0 Å². The summed E-state index contributed by atoms with van der Waals surface area (Å²) in [5.41, 5.74) is 1.42. The van der Waals surface area contributed by atoms with Crippen LogP contribution >= 0.6 is 0 Å². The topological polar surface area (TPSA) is 100 Å². The molecule has 40 heavy (non-hydrogen) atoms. The molecule has 0 fully saturated rings. The molecule has 10 heteroatoms. The van der Waals surface area contributed by atoms with Gasteiger partial charge in [-0.05, 0) is 12.1 Å². The Labute approximate surface area is 243 Å². The number of benzene rings is 2. The Hall–Kier alpha value is -2.79. The van der Waals surface area contributed by atoms with Crippen LogP contribution in [0.1, 0.15) is 46.5 Å². The summed E-state index contributed by atoms with van der Waals surface area (Å²) in [6, 6.07) is 16.9. The Kier molecular flexibility index (Phi) is 13.8. The molecule has 220 valence electrons. The standard InChI is InChI=1S/C27H37N4O5.3CH3.Sn/c1-5-6-9-18-25(32)30(4)31(19-21(2)35-26(33)28-23-14-10-7-11-15-23)20-22(3)36-27(34)29-24-16-12-8-13-17-24;;;;/h7-8,10-16,21-22H,5-6,9,18-20H2,1-4H3,(H,28,33)(H,29,34);3*1H3;. The zero-order valence-corrected chi connectivity index (χ0v) is 27.9. The van der Waals surface area contributed by atoms with Crippen LogP contribution in [0.4, 0.5) is 21.0 Å². The van der Waals surface area contributed by atoms with Crippen LogP contribution in [0.5, 0.6) is 0 Å². The van der Waals surface area contributed by atoms with Gasteiger partial charge in [0.2, 0.25) is 0 Å². The van der Waals surface area contributed by atoms with Crippen LogP contribution < -0.4 is 14.2 Å². The number of unbranched alkanes of at least 4 members (excludes halogenated alkanes) is 2. The summed E-state index contributed by atoms with van der Waals surface area (Å²) in [7, 11) is 1.70. The van der Waals surface area contributed by atoms with Gasteiger partial charge in [-0.2, -0.15) is 0 Å². The molecule has 0 aliphatic rings. The Balaban J connectivity index is 2.04. The van der Waals surface area contributed by atoms with Crippen molar-refractivity contribution in [3.63, 3.8) is 0 Å².